The Morgan fingerprint density at radius 3 is 2.48 bits per heavy atom. The SMILES string of the molecule is COc1ccc(-c2nc(C(=O)NC(C)(CC(=O)O)C(C)C)cs2)cc1. The number of amides is 1. The maximum Gasteiger partial charge on any atom is 0.305 e. The van der Waals surface area contributed by atoms with Gasteiger partial charge in [0.1, 0.15) is 16.5 Å². The van der Waals surface area contributed by atoms with E-state index in [-0.39, 0.29) is 23.9 Å². The Balaban J connectivity index is 2.17. The molecule has 2 aromatic rings. The zero-order valence-electron chi connectivity index (χ0n) is 14.7. The smallest absolute Gasteiger partial charge is 0.305 e. The van der Waals surface area contributed by atoms with Crippen LogP contribution in [0.1, 0.15) is 37.7 Å². The van der Waals surface area contributed by atoms with Crippen molar-refractivity contribution in [3.05, 3.63) is 35.3 Å². The molecule has 6 nitrogen and oxygen atoms in total. The maximum atomic E-state index is 12.5. The van der Waals surface area contributed by atoms with E-state index < -0.39 is 11.5 Å². The van der Waals surface area contributed by atoms with Crippen molar-refractivity contribution in [2.45, 2.75) is 32.7 Å². The lowest BCUT2D eigenvalue weighted by Gasteiger charge is -2.33. The zero-order valence-corrected chi connectivity index (χ0v) is 15.5. The average molecular weight is 362 g/mol. The Morgan fingerprint density at radius 2 is 1.96 bits per heavy atom. The van der Waals surface area contributed by atoms with E-state index in [0.29, 0.717) is 0 Å². The summed E-state index contributed by atoms with van der Waals surface area (Å²) in [7, 11) is 1.60. The molecule has 0 bridgehead atoms. The Labute approximate surface area is 150 Å². The summed E-state index contributed by atoms with van der Waals surface area (Å²) in [6.07, 6.45) is -0.147. The number of carbonyl (C=O) groups excluding carboxylic acids is 1. The molecule has 0 saturated heterocycles. The van der Waals surface area contributed by atoms with E-state index in [2.05, 4.69) is 10.3 Å². The number of rotatable bonds is 7. The van der Waals surface area contributed by atoms with Gasteiger partial charge in [0, 0.05) is 10.9 Å². The third-order valence-corrected chi connectivity index (χ3v) is 5.16. The molecule has 25 heavy (non-hydrogen) atoms. The van der Waals surface area contributed by atoms with Crippen molar-refractivity contribution in [2.75, 3.05) is 7.11 Å². The van der Waals surface area contributed by atoms with Crippen LogP contribution in [0, 0.1) is 5.92 Å². The molecule has 0 aliphatic heterocycles. The number of carboxylic acid groups (broad SMARTS) is 1. The zero-order chi connectivity index (χ0) is 18.6. The first-order valence-electron chi connectivity index (χ1n) is 7.89. The number of aliphatic carboxylic acids is 1. The summed E-state index contributed by atoms with van der Waals surface area (Å²) in [4.78, 5) is 28.0. The van der Waals surface area contributed by atoms with Crippen LogP contribution in [-0.4, -0.2) is 34.6 Å². The van der Waals surface area contributed by atoms with Gasteiger partial charge < -0.3 is 15.2 Å². The van der Waals surface area contributed by atoms with Crippen molar-refractivity contribution < 1.29 is 19.4 Å². The minimum atomic E-state index is -0.950. The molecule has 1 aromatic carbocycles. The Kier molecular flexibility index (Phi) is 5.79. The van der Waals surface area contributed by atoms with Crippen LogP contribution in [0.5, 0.6) is 5.75 Å². The summed E-state index contributed by atoms with van der Waals surface area (Å²) in [5.74, 6) is -0.603. The minimum absolute atomic E-state index is 0.0350. The lowest BCUT2D eigenvalue weighted by atomic mass is 9.85. The molecule has 134 valence electrons. The fourth-order valence-electron chi connectivity index (χ4n) is 2.27. The fourth-order valence-corrected chi connectivity index (χ4v) is 3.08. The Bertz CT molecular complexity index is 755. The third kappa shape index (κ3) is 4.57. The van der Waals surface area contributed by atoms with Gasteiger partial charge in [-0.05, 0) is 37.1 Å². The molecule has 2 N–H and O–H groups in total. The average Bonchev–Trinajstić information content (AvgIpc) is 3.04. The number of hydrogen-bond donors (Lipinski definition) is 2. The topological polar surface area (TPSA) is 88.5 Å². The van der Waals surface area contributed by atoms with Gasteiger partial charge >= 0.3 is 5.97 Å². The molecule has 0 aliphatic rings. The van der Waals surface area contributed by atoms with Crippen LogP contribution < -0.4 is 10.1 Å². The predicted molar refractivity (Wildman–Crippen MR) is 97.1 cm³/mol. The highest BCUT2D eigenvalue weighted by molar-refractivity contribution is 7.13. The van der Waals surface area contributed by atoms with Crippen LogP contribution >= 0.6 is 11.3 Å². The number of nitrogens with one attached hydrogen (secondary N) is 1. The van der Waals surface area contributed by atoms with E-state index >= 15 is 0 Å². The molecule has 2 rings (SSSR count). The molecule has 0 fully saturated rings. The van der Waals surface area contributed by atoms with Crippen molar-refractivity contribution in [3.8, 4) is 16.3 Å². The second-order valence-electron chi connectivity index (χ2n) is 6.36. The number of methoxy groups -OCH3 is 1. The van der Waals surface area contributed by atoms with Crippen molar-refractivity contribution in [1.29, 1.82) is 0 Å². The molecule has 0 aliphatic carbocycles. The second-order valence-corrected chi connectivity index (χ2v) is 7.22. The van der Waals surface area contributed by atoms with E-state index in [0.717, 1.165) is 16.3 Å². The van der Waals surface area contributed by atoms with Gasteiger partial charge in [-0.3, -0.25) is 9.59 Å². The first-order valence-corrected chi connectivity index (χ1v) is 8.77. The van der Waals surface area contributed by atoms with Gasteiger partial charge in [0.2, 0.25) is 0 Å². The Hall–Kier alpha value is -2.41. The normalized spacial score (nSPS) is 13.3. The van der Waals surface area contributed by atoms with E-state index in [1.54, 1.807) is 19.4 Å². The molecular formula is C18H22N2O4S. The number of hydrogen-bond acceptors (Lipinski definition) is 5. The van der Waals surface area contributed by atoms with Crippen LogP contribution in [-0.2, 0) is 4.79 Å². The van der Waals surface area contributed by atoms with Crippen molar-refractivity contribution in [3.63, 3.8) is 0 Å². The quantitative estimate of drug-likeness (QED) is 0.788. The molecule has 0 radical (unpaired) electrons. The van der Waals surface area contributed by atoms with E-state index in [4.69, 9.17) is 9.84 Å². The fraction of sp³-hybridized carbons (Fsp3) is 0.389. The first kappa shape index (κ1) is 18.9. The minimum Gasteiger partial charge on any atom is -0.497 e. The van der Waals surface area contributed by atoms with Gasteiger partial charge in [-0.2, -0.15) is 0 Å². The standard InChI is InChI=1S/C18H22N2O4S/c1-11(2)18(3,9-15(21)22)20-16(23)14-10-25-17(19-14)12-5-7-13(24-4)8-6-12/h5-8,10-11H,9H2,1-4H3,(H,20,23)(H,21,22). The number of carboxylic acids is 1. The number of nitrogens with zero attached hydrogens (tertiary/aromatic N) is 1. The highest BCUT2D eigenvalue weighted by Gasteiger charge is 2.33. The number of ether oxygens (including phenoxy) is 1. The number of benzene rings is 1. The predicted octanol–water partition coefficient (Wildman–Crippen LogP) is 3.44. The summed E-state index contributed by atoms with van der Waals surface area (Å²) in [5.41, 5.74) is 0.336. The molecule has 7 heteroatoms. The number of thiazole rings is 1. The largest absolute Gasteiger partial charge is 0.497 e. The van der Waals surface area contributed by atoms with Crippen molar-refractivity contribution in [2.24, 2.45) is 5.92 Å². The summed E-state index contributed by atoms with van der Waals surface area (Å²) in [6, 6.07) is 7.42. The van der Waals surface area contributed by atoms with Gasteiger partial charge in [0.25, 0.3) is 5.91 Å². The van der Waals surface area contributed by atoms with Gasteiger partial charge in [-0.1, -0.05) is 13.8 Å². The number of aromatic nitrogens is 1. The maximum absolute atomic E-state index is 12.5. The van der Waals surface area contributed by atoms with Crippen LogP contribution in [0.4, 0.5) is 0 Å². The molecule has 1 unspecified atom stereocenters. The van der Waals surface area contributed by atoms with E-state index in [1.165, 1.54) is 11.3 Å². The van der Waals surface area contributed by atoms with Gasteiger partial charge in [-0.15, -0.1) is 11.3 Å². The van der Waals surface area contributed by atoms with Gasteiger partial charge in [0.05, 0.1) is 19.1 Å². The molecule has 0 saturated carbocycles. The third-order valence-electron chi connectivity index (χ3n) is 4.27. The summed E-state index contributed by atoms with van der Waals surface area (Å²) < 4.78 is 5.13. The highest BCUT2D eigenvalue weighted by atomic mass is 32.1. The van der Waals surface area contributed by atoms with E-state index in [9.17, 15) is 9.59 Å². The monoisotopic (exact) mass is 362 g/mol. The summed E-state index contributed by atoms with van der Waals surface area (Å²) in [5, 5.41) is 14.3. The molecular weight excluding hydrogens is 340 g/mol. The molecule has 1 aromatic heterocycles. The number of carbonyl (C=O) groups is 2. The molecule has 0 spiro atoms. The Morgan fingerprint density at radius 1 is 1.32 bits per heavy atom. The van der Waals surface area contributed by atoms with Gasteiger partial charge in [0.15, 0.2) is 0 Å². The molecule has 1 amide bonds. The molecule has 1 atom stereocenters. The van der Waals surface area contributed by atoms with Crippen LogP contribution in [0.15, 0.2) is 29.6 Å². The second kappa shape index (κ2) is 7.65. The van der Waals surface area contributed by atoms with Gasteiger partial charge in [-0.25, -0.2) is 4.98 Å². The van der Waals surface area contributed by atoms with Crippen LogP contribution in [0.25, 0.3) is 10.6 Å². The summed E-state index contributed by atoms with van der Waals surface area (Å²) >= 11 is 1.36. The van der Waals surface area contributed by atoms with Crippen molar-refractivity contribution >= 4 is 23.2 Å². The first-order chi connectivity index (χ1) is 11.7. The lowest BCUT2D eigenvalue weighted by molar-refractivity contribution is -0.138. The van der Waals surface area contributed by atoms with Crippen LogP contribution in [0.3, 0.4) is 0 Å². The highest BCUT2D eigenvalue weighted by Crippen LogP contribution is 2.27. The summed E-state index contributed by atoms with van der Waals surface area (Å²) in [6.45, 7) is 5.50. The molecule has 1 heterocycles. The van der Waals surface area contributed by atoms with E-state index in [1.807, 2.05) is 38.1 Å². The van der Waals surface area contributed by atoms with Crippen LogP contribution in [0.2, 0.25) is 0 Å². The van der Waals surface area contributed by atoms with Crippen molar-refractivity contribution in [1.82, 2.24) is 10.3 Å². The lowest BCUT2D eigenvalue weighted by Crippen LogP contribution is -2.51.